The summed E-state index contributed by atoms with van der Waals surface area (Å²) >= 11 is 3.47. The molecule has 1 saturated carbocycles. The Kier molecular flexibility index (Phi) is 2.09. The highest BCUT2D eigenvalue weighted by molar-refractivity contribution is 9.09. The highest BCUT2D eigenvalue weighted by atomic mass is 79.9. The van der Waals surface area contributed by atoms with E-state index in [2.05, 4.69) is 15.9 Å². The number of ether oxygens (including phenoxy) is 1. The van der Waals surface area contributed by atoms with Gasteiger partial charge in [-0.15, -0.1) is 0 Å². The van der Waals surface area contributed by atoms with Gasteiger partial charge < -0.3 is 4.74 Å². The molecule has 1 fully saturated rings. The Morgan fingerprint density at radius 2 is 1.92 bits per heavy atom. The number of halogens is 1. The normalized spacial score (nSPS) is 18.8. The van der Waals surface area contributed by atoms with E-state index in [0.29, 0.717) is 0 Å². The lowest BCUT2D eigenvalue weighted by atomic mass is 10.3. The number of hydrogen-bond acceptors (Lipinski definition) is 1. The van der Waals surface area contributed by atoms with Gasteiger partial charge in [0, 0.05) is 5.33 Å². The van der Waals surface area contributed by atoms with Crippen LogP contribution in [0.2, 0.25) is 0 Å². The van der Waals surface area contributed by atoms with Crippen molar-refractivity contribution in [3.05, 3.63) is 30.3 Å². The average molecular weight is 227 g/mol. The van der Waals surface area contributed by atoms with Gasteiger partial charge in [-0.05, 0) is 25.0 Å². The van der Waals surface area contributed by atoms with Crippen LogP contribution in [0.4, 0.5) is 0 Å². The first-order valence-electron chi connectivity index (χ1n) is 4.15. The van der Waals surface area contributed by atoms with E-state index >= 15 is 0 Å². The summed E-state index contributed by atoms with van der Waals surface area (Å²) in [7, 11) is 0. The van der Waals surface area contributed by atoms with Gasteiger partial charge in [0.25, 0.3) is 0 Å². The van der Waals surface area contributed by atoms with Crippen molar-refractivity contribution in [2.45, 2.75) is 18.4 Å². The maximum absolute atomic E-state index is 5.82. The fraction of sp³-hybridized carbons (Fsp3) is 0.400. The molecule has 0 unspecified atom stereocenters. The van der Waals surface area contributed by atoms with Gasteiger partial charge in [0.15, 0.2) is 0 Å². The van der Waals surface area contributed by atoms with Crippen LogP contribution < -0.4 is 4.74 Å². The molecule has 0 heterocycles. The quantitative estimate of drug-likeness (QED) is 0.721. The molecule has 0 amide bonds. The topological polar surface area (TPSA) is 9.23 Å². The van der Waals surface area contributed by atoms with E-state index in [1.807, 2.05) is 30.3 Å². The molecular weight excluding hydrogens is 216 g/mol. The maximum Gasteiger partial charge on any atom is 0.120 e. The summed E-state index contributed by atoms with van der Waals surface area (Å²) in [4.78, 5) is 0. The minimum atomic E-state index is 0.112. The zero-order valence-corrected chi connectivity index (χ0v) is 8.38. The van der Waals surface area contributed by atoms with Crippen molar-refractivity contribution in [2.75, 3.05) is 5.33 Å². The zero-order valence-electron chi connectivity index (χ0n) is 6.79. The molecule has 2 rings (SSSR count). The molecule has 0 aliphatic heterocycles. The van der Waals surface area contributed by atoms with Crippen LogP contribution in [0.5, 0.6) is 5.75 Å². The summed E-state index contributed by atoms with van der Waals surface area (Å²) in [5.74, 6) is 0.981. The first kappa shape index (κ1) is 8.11. The Hall–Kier alpha value is -0.500. The number of benzene rings is 1. The molecule has 2 heteroatoms. The third-order valence-corrected chi connectivity index (χ3v) is 3.15. The van der Waals surface area contributed by atoms with Crippen molar-refractivity contribution in [3.63, 3.8) is 0 Å². The van der Waals surface area contributed by atoms with Gasteiger partial charge in [0.2, 0.25) is 0 Å². The Labute approximate surface area is 80.9 Å². The van der Waals surface area contributed by atoms with E-state index in [1.54, 1.807) is 0 Å². The molecule has 0 N–H and O–H groups in total. The van der Waals surface area contributed by atoms with E-state index < -0.39 is 0 Å². The lowest BCUT2D eigenvalue weighted by Gasteiger charge is -2.14. The van der Waals surface area contributed by atoms with Crippen LogP contribution in [0.3, 0.4) is 0 Å². The Balaban J connectivity index is 2.04. The van der Waals surface area contributed by atoms with E-state index in [4.69, 9.17) is 4.74 Å². The van der Waals surface area contributed by atoms with E-state index in [9.17, 15) is 0 Å². The first-order chi connectivity index (χ1) is 5.85. The predicted octanol–water partition coefficient (Wildman–Crippen LogP) is 2.99. The molecule has 0 saturated heterocycles. The number of hydrogen-bond donors (Lipinski definition) is 0. The second-order valence-corrected chi connectivity index (χ2v) is 3.79. The van der Waals surface area contributed by atoms with E-state index in [1.165, 1.54) is 12.8 Å². The van der Waals surface area contributed by atoms with Gasteiger partial charge in [-0.2, -0.15) is 0 Å². The van der Waals surface area contributed by atoms with Crippen LogP contribution in [-0.2, 0) is 0 Å². The molecule has 1 aliphatic carbocycles. The summed E-state index contributed by atoms with van der Waals surface area (Å²) in [5.41, 5.74) is 0.112. The summed E-state index contributed by atoms with van der Waals surface area (Å²) in [5, 5.41) is 0.939. The molecule has 1 aromatic carbocycles. The highest BCUT2D eigenvalue weighted by Crippen LogP contribution is 2.41. The first-order valence-corrected chi connectivity index (χ1v) is 5.27. The second kappa shape index (κ2) is 3.09. The van der Waals surface area contributed by atoms with Crippen LogP contribution >= 0.6 is 15.9 Å². The van der Waals surface area contributed by atoms with E-state index in [0.717, 1.165) is 11.1 Å². The largest absolute Gasteiger partial charge is 0.486 e. The van der Waals surface area contributed by atoms with Crippen LogP contribution in [-0.4, -0.2) is 10.9 Å². The van der Waals surface area contributed by atoms with E-state index in [-0.39, 0.29) is 5.60 Å². The monoisotopic (exact) mass is 226 g/mol. The van der Waals surface area contributed by atoms with Crippen molar-refractivity contribution < 1.29 is 4.74 Å². The standard InChI is InChI=1S/C10H11BrO/c11-8-10(6-7-10)12-9-4-2-1-3-5-9/h1-5H,6-8H2. The van der Waals surface area contributed by atoms with Gasteiger partial charge in [0.05, 0.1) is 0 Å². The average Bonchev–Trinajstić information content (AvgIpc) is 2.88. The third-order valence-electron chi connectivity index (χ3n) is 2.13. The molecule has 1 nitrogen and oxygen atoms in total. The summed E-state index contributed by atoms with van der Waals surface area (Å²) in [6.45, 7) is 0. The fourth-order valence-electron chi connectivity index (χ4n) is 1.14. The molecule has 64 valence electrons. The molecular formula is C10H11BrO. The maximum atomic E-state index is 5.82. The SMILES string of the molecule is BrCC1(Oc2ccccc2)CC1. The van der Waals surface area contributed by atoms with Crippen molar-refractivity contribution in [2.24, 2.45) is 0 Å². The highest BCUT2D eigenvalue weighted by Gasteiger charge is 2.44. The lowest BCUT2D eigenvalue weighted by Crippen LogP contribution is -2.19. The second-order valence-electron chi connectivity index (χ2n) is 3.23. The number of para-hydroxylation sites is 1. The predicted molar refractivity (Wildman–Crippen MR) is 52.8 cm³/mol. The van der Waals surface area contributed by atoms with Crippen molar-refractivity contribution in [3.8, 4) is 5.75 Å². The van der Waals surface area contributed by atoms with Crippen molar-refractivity contribution in [1.29, 1.82) is 0 Å². The molecule has 0 aromatic heterocycles. The molecule has 12 heavy (non-hydrogen) atoms. The van der Waals surface area contributed by atoms with Crippen LogP contribution in [0.1, 0.15) is 12.8 Å². The lowest BCUT2D eigenvalue weighted by molar-refractivity contribution is 0.206. The molecule has 0 atom stereocenters. The number of rotatable bonds is 3. The Morgan fingerprint density at radius 3 is 2.42 bits per heavy atom. The molecule has 0 bridgehead atoms. The van der Waals surface area contributed by atoms with Gasteiger partial charge in [-0.3, -0.25) is 0 Å². The molecule has 1 aliphatic rings. The minimum absolute atomic E-state index is 0.112. The van der Waals surface area contributed by atoms with Gasteiger partial charge >= 0.3 is 0 Å². The van der Waals surface area contributed by atoms with Gasteiger partial charge in [-0.25, -0.2) is 0 Å². The molecule has 1 aromatic rings. The summed E-state index contributed by atoms with van der Waals surface area (Å²) < 4.78 is 5.82. The third kappa shape index (κ3) is 1.63. The van der Waals surface area contributed by atoms with Crippen LogP contribution in [0.25, 0.3) is 0 Å². The number of alkyl halides is 1. The summed E-state index contributed by atoms with van der Waals surface area (Å²) in [6.07, 6.45) is 2.35. The van der Waals surface area contributed by atoms with Crippen LogP contribution in [0.15, 0.2) is 30.3 Å². The van der Waals surface area contributed by atoms with Crippen LogP contribution in [0, 0.1) is 0 Å². The van der Waals surface area contributed by atoms with Gasteiger partial charge in [0.1, 0.15) is 11.4 Å². The smallest absolute Gasteiger partial charge is 0.120 e. The minimum Gasteiger partial charge on any atom is -0.486 e. The summed E-state index contributed by atoms with van der Waals surface area (Å²) in [6, 6.07) is 10.0. The Bertz CT molecular complexity index is 254. The van der Waals surface area contributed by atoms with Crippen molar-refractivity contribution in [1.82, 2.24) is 0 Å². The molecule has 0 spiro atoms. The Morgan fingerprint density at radius 1 is 1.25 bits per heavy atom. The zero-order chi connectivity index (χ0) is 8.44. The fourth-order valence-corrected chi connectivity index (χ4v) is 1.82. The van der Waals surface area contributed by atoms with Gasteiger partial charge in [-0.1, -0.05) is 34.1 Å². The molecule has 0 radical (unpaired) electrons. The van der Waals surface area contributed by atoms with Crippen molar-refractivity contribution >= 4 is 15.9 Å².